The molecule has 0 fully saturated rings. The van der Waals surface area contributed by atoms with Gasteiger partial charge in [-0.2, -0.15) is 0 Å². The van der Waals surface area contributed by atoms with Crippen LogP contribution in [0.1, 0.15) is 21.0 Å². The average molecular weight is 337 g/mol. The first kappa shape index (κ1) is 20.0. The van der Waals surface area contributed by atoms with Gasteiger partial charge in [0.25, 0.3) is 11.8 Å². The first-order valence-electron chi connectivity index (χ1n) is 7.94. The van der Waals surface area contributed by atoms with Gasteiger partial charge in [-0.1, -0.05) is 6.07 Å². The lowest BCUT2D eigenvalue weighted by molar-refractivity contribution is 0.0751. The molecular weight excluding hydrogens is 310 g/mol. The lowest BCUT2D eigenvalue weighted by Gasteiger charge is -2.22. The van der Waals surface area contributed by atoms with Crippen LogP contribution in [0.25, 0.3) is 0 Å². The highest BCUT2D eigenvalue weighted by atomic mass is 16.2. The molecule has 0 saturated carbocycles. The molecule has 0 bridgehead atoms. The summed E-state index contributed by atoms with van der Waals surface area (Å²) in [5, 5.41) is 0. The molecule has 0 aliphatic rings. The second-order valence-corrected chi connectivity index (χ2v) is 5.15. The van der Waals surface area contributed by atoms with E-state index in [-0.39, 0.29) is 23.2 Å². The molecule has 0 aliphatic heterocycles. The molecule has 1 aromatic rings. The summed E-state index contributed by atoms with van der Waals surface area (Å²) in [6.45, 7) is 2.81. The van der Waals surface area contributed by atoms with Crippen LogP contribution in [0.5, 0.6) is 0 Å². The van der Waals surface area contributed by atoms with Crippen LogP contribution in [-0.4, -0.2) is 79.0 Å². The number of aromatic nitrogens is 1. The Morgan fingerprint density at radius 2 is 1.08 bits per heavy atom. The van der Waals surface area contributed by atoms with E-state index < -0.39 is 0 Å². The minimum Gasteiger partial charge on any atom is -0.335 e. The van der Waals surface area contributed by atoms with Gasteiger partial charge in [-0.3, -0.25) is 9.59 Å². The Morgan fingerprint density at radius 3 is 1.38 bits per heavy atom. The molecule has 8 N–H and O–H groups in total. The molecule has 9 nitrogen and oxygen atoms in total. The lowest BCUT2D eigenvalue weighted by atomic mass is 10.2. The number of nitrogens with two attached hydrogens (primary N) is 4. The molecule has 24 heavy (non-hydrogen) atoms. The number of amides is 2. The quantitative estimate of drug-likeness (QED) is 0.377. The molecule has 1 aromatic heterocycles. The van der Waals surface area contributed by atoms with Crippen LogP contribution in [-0.2, 0) is 0 Å². The number of rotatable bonds is 10. The van der Waals surface area contributed by atoms with Crippen molar-refractivity contribution in [1.82, 2.24) is 14.8 Å². The smallest absolute Gasteiger partial charge is 0.272 e. The van der Waals surface area contributed by atoms with Gasteiger partial charge in [-0.25, -0.2) is 4.98 Å². The Balaban J connectivity index is 2.99. The summed E-state index contributed by atoms with van der Waals surface area (Å²) >= 11 is 0. The summed E-state index contributed by atoms with van der Waals surface area (Å²) in [6.07, 6.45) is 0. The first-order valence-corrected chi connectivity index (χ1v) is 7.94. The van der Waals surface area contributed by atoms with Crippen molar-refractivity contribution >= 4 is 11.8 Å². The number of carbonyl (C=O) groups excluding carboxylic acids is 2. The third-order valence-electron chi connectivity index (χ3n) is 3.36. The molecule has 1 heterocycles. The van der Waals surface area contributed by atoms with Crippen molar-refractivity contribution in [3.8, 4) is 0 Å². The summed E-state index contributed by atoms with van der Waals surface area (Å²) < 4.78 is 0. The third-order valence-corrected chi connectivity index (χ3v) is 3.36. The topological polar surface area (TPSA) is 158 Å². The van der Waals surface area contributed by atoms with Crippen molar-refractivity contribution in [2.24, 2.45) is 22.9 Å². The van der Waals surface area contributed by atoms with Gasteiger partial charge in [0.15, 0.2) is 0 Å². The predicted octanol–water partition coefficient (Wildman–Crippen LogP) is -2.20. The van der Waals surface area contributed by atoms with Gasteiger partial charge in [-0.05, 0) is 12.1 Å². The van der Waals surface area contributed by atoms with E-state index in [0.717, 1.165) is 0 Å². The fourth-order valence-corrected chi connectivity index (χ4v) is 2.25. The molecule has 9 heteroatoms. The molecule has 1 rings (SSSR count). The average Bonchev–Trinajstić information content (AvgIpc) is 2.60. The van der Waals surface area contributed by atoms with Gasteiger partial charge in [0.05, 0.1) is 0 Å². The van der Waals surface area contributed by atoms with E-state index in [1.165, 1.54) is 9.80 Å². The summed E-state index contributed by atoms with van der Waals surface area (Å²) in [6, 6.07) is 4.75. The van der Waals surface area contributed by atoms with Crippen molar-refractivity contribution in [3.05, 3.63) is 29.6 Å². The lowest BCUT2D eigenvalue weighted by Crippen LogP contribution is -2.40. The SMILES string of the molecule is NCCN(CCN)C(=O)c1cccc(C(=O)N(CCN)CCN)n1. The van der Waals surface area contributed by atoms with Crippen molar-refractivity contribution < 1.29 is 9.59 Å². The molecule has 134 valence electrons. The zero-order valence-corrected chi connectivity index (χ0v) is 13.9. The molecule has 0 unspecified atom stereocenters. The number of nitrogens with zero attached hydrogens (tertiary/aromatic N) is 3. The molecule has 2 amide bonds. The first-order chi connectivity index (χ1) is 11.6. The van der Waals surface area contributed by atoms with E-state index in [1.54, 1.807) is 18.2 Å². The third kappa shape index (κ3) is 5.53. The van der Waals surface area contributed by atoms with Crippen molar-refractivity contribution in [3.63, 3.8) is 0 Å². The van der Waals surface area contributed by atoms with E-state index in [4.69, 9.17) is 22.9 Å². The number of carbonyl (C=O) groups is 2. The minimum atomic E-state index is -0.301. The van der Waals surface area contributed by atoms with Gasteiger partial charge in [0.1, 0.15) is 11.4 Å². The summed E-state index contributed by atoms with van der Waals surface area (Å²) in [5.74, 6) is -0.602. The standard InChI is InChI=1S/C15H27N7O2/c16-4-8-21(9-5-17)14(23)12-2-1-3-13(20-12)15(24)22(10-6-18)11-7-19/h1-3H,4-11,16-19H2. The van der Waals surface area contributed by atoms with E-state index in [0.29, 0.717) is 52.4 Å². The Kier molecular flexibility index (Phi) is 8.87. The van der Waals surface area contributed by atoms with Gasteiger partial charge in [-0.15, -0.1) is 0 Å². The van der Waals surface area contributed by atoms with Gasteiger partial charge < -0.3 is 32.7 Å². The Hall–Kier alpha value is -2.07. The fraction of sp³-hybridized carbons (Fsp3) is 0.533. The van der Waals surface area contributed by atoms with Crippen LogP contribution in [0.4, 0.5) is 0 Å². The summed E-state index contributed by atoms with van der Waals surface area (Å²) in [5.41, 5.74) is 22.4. The second kappa shape index (κ2) is 10.7. The summed E-state index contributed by atoms with van der Waals surface area (Å²) in [7, 11) is 0. The highest BCUT2D eigenvalue weighted by molar-refractivity contribution is 5.96. The Morgan fingerprint density at radius 1 is 0.750 bits per heavy atom. The van der Waals surface area contributed by atoms with Crippen LogP contribution in [0.15, 0.2) is 18.2 Å². The maximum Gasteiger partial charge on any atom is 0.272 e. The summed E-state index contributed by atoms with van der Waals surface area (Å²) in [4.78, 5) is 32.3. The van der Waals surface area contributed by atoms with Crippen molar-refractivity contribution in [2.75, 3.05) is 52.4 Å². The molecular formula is C15H27N7O2. The van der Waals surface area contributed by atoms with E-state index >= 15 is 0 Å². The molecule has 0 spiro atoms. The van der Waals surface area contributed by atoms with E-state index in [9.17, 15) is 9.59 Å². The van der Waals surface area contributed by atoms with Crippen molar-refractivity contribution in [2.45, 2.75) is 0 Å². The van der Waals surface area contributed by atoms with Gasteiger partial charge in [0, 0.05) is 52.4 Å². The Bertz CT molecular complexity index is 483. The minimum absolute atomic E-state index is 0.184. The van der Waals surface area contributed by atoms with Crippen LogP contribution in [0.3, 0.4) is 0 Å². The van der Waals surface area contributed by atoms with Gasteiger partial charge in [0.2, 0.25) is 0 Å². The Labute approximate surface area is 142 Å². The largest absolute Gasteiger partial charge is 0.335 e. The van der Waals surface area contributed by atoms with Crippen LogP contribution >= 0.6 is 0 Å². The monoisotopic (exact) mass is 337 g/mol. The highest BCUT2D eigenvalue weighted by Crippen LogP contribution is 2.07. The van der Waals surface area contributed by atoms with Crippen LogP contribution < -0.4 is 22.9 Å². The fourth-order valence-electron chi connectivity index (χ4n) is 2.25. The zero-order valence-electron chi connectivity index (χ0n) is 13.9. The number of hydrogen-bond acceptors (Lipinski definition) is 7. The highest BCUT2D eigenvalue weighted by Gasteiger charge is 2.20. The molecule has 0 radical (unpaired) electrons. The second-order valence-electron chi connectivity index (χ2n) is 5.15. The zero-order chi connectivity index (χ0) is 17.9. The van der Waals surface area contributed by atoms with Gasteiger partial charge >= 0.3 is 0 Å². The van der Waals surface area contributed by atoms with E-state index in [2.05, 4.69) is 4.98 Å². The molecule has 0 saturated heterocycles. The van der Waals surface area contributed by atoms with Crippen LogP contribution in [0, 0.1) is 0 Å². The molecule has 0 aromatic carbocycles. The van der Waals surface area contributed by atoms with Crippen LogP contribution in [0.2, 0.25) is 0 Å². The molecule has 0 aliphatic carbocycles. The normalized spacial score (nSPS) is 10.5. The maximum atomic E-state index is 12.5. The predicted molar refractivity (Wildman–Crippen MR) is 92.3 cm³/mol. The number of pyridine rings is 1. The van der Waals surface area contributed by atoms with Crippen molar-refractivity contribution in [1.29, 1.82) is 0 Å². The van der Waals surface area contributed by atoms with E-state index in [1.807, 2.05) is 0 Å². The maximum absolute atomic E-state index is 12.5. The molecule has 0 atom stereocenters. The number of hydrogen-bond donors (Lipinski definition) is 4.